The average Bonchev–Trinajstić information content (AvgIpc) is 3.38. The molecular weight excluding hydrogens is 435 g/mol. The summed E-state index contributed by atoms with van der Waals surface area (Å²) in [5.41, 5.74) is 1.49. The minimum Gasteiger partial charge on any atom is -0.494 e. The molecule has 2 aromatic heterocycles. The summed E-state index contributed by atoms with van der Waals surface area (Å²) in [6.07, 6.45) is 6.37. The number of thioether (sulfide) groups is 1. The third kappa shape index (κ3) is 2.91. The highest BCUT2D eigenvalue weighted by molar-refractivity contribution is 8.09. The Morgan fingerprint density at radius 1 is 1.28 bits per heavy atom. The van der Waals surface area contributed by atoms with Gasteiger partial charge in [-0.05, 0) is 18.2 Å². The van der Waals surface area contributed by atoms with Crippen LogP contribution in [-0.2, 0) is 11.8 Å². The molecule has 1 N–H and O–H groups in total. The lowest BCUT2D eigenvalue weighted by atomic mass is 10.0. The van der Waals surface area contributed by atoms with Crippen LogP contribution in [0.1, 0.15) is 11.1 Å². The molecule has 2 aliphatic heterocycles. The number of anilines is 1. The van der Waals surface area contributed by atoms with Gasteiger partial charge in [-0.15, -0.1) is 11.8 Å². The van der Waals surface area contributed by atoms with Gasteiger partial charge in [0.1, 0.15) is 5.25 Å². The number of aryl methyl sites for hydroxylation is 1. The molecule has 1 fully saturated rings. The van der Waals surface area contributed by atoms with Crippen molar-refractivity contribution in [3.63, 3.8) is 0 Å². The van der Waals surface area contributed by atoms with Crippen molar-refractivity contribution in [2.24, 2.45) is 7.05 Å². The molecular formula is C21H15FN6O3S. The van der Waals surface area contributed by atoms with Crippen molar-refractivity contribution < 1.29 is 18.7 Å². The van der Waals surface area contributed by atoms with E-state index in [0.29, 0.717) is 27.1 Å². The van der Waals surface area contributed by atoms with E-state index < -0.39 is 29.0 Å². The van der Waals surface area contributed by atoms with E-state index >= 15 is 0 Å². The number of carbonyl (C=O) groups excluding carboxylic acids is 2. The van der Waals surface area contributed by atoms with Crippen LogP contribution in [0.3, 0.4) is 0 Å². The van der Waals surface area contributed by atoms with Crippen LogP contribution in [0.4, 0.5) is 14.9 Å². The third-order valence-corrected chi connectivity index (χ3v) is 6.77. The van der Waals surface area contributed by atoms with Gasteiger partial charge >= 0.3 is 6.03 Å². The number of rotatable bonds is 3. The molecule has 0 radical (unpaired) electrons. The molecule has 2 atom stereocenters. The van der Waals surface area contributed by atoms with Gasteiger partial charge in [0.2, 0.25) is 0 Å². The molecule has 2 unspecified atom stereocenters. The first kappa shape index (κ1) is 20.0. The maximum Gasteiger partial charge on any atom is 0.329 e. The predicted octanol–water partition coefficient (Wildman–Crippen LogP) is 2.57. The number of nitrogens with zero attached hydrogens (tertiary/aromatic N) is 5. The number of nitriles is 1. The van der Waals surface area contributed by atoms with Crippen molar-refractivity contribution in [2.45, 2.75) is 11.3 Å². The number of hydrogen-bond acceptors (Lipinski definition) is 7. The van der Waals surface area contributed by atoms with E-state index in [1.807, 2.05) is 6.07 Å². The zero-order chi connectivity index (χ0) is 22.6. The van der Waals surface area contributed by atoms with Crippen LogP contribution in [0.25, 0.3) is 15.8 Å². The minimum atomic E-state index is -0.659. The number of carbonyl (C=O) groups is 2. The maximum absolute atomic E-state index is 14.1. The second kappa shape index (κ2) is 7.35. The Hall–Kier alpha value is -3.91. The Kier molecular flexibility index (Phi) is 4.60. The minimum absolute atomic E-state index is 0.0127. The molecule has 3 aromatic rings. The molecule has 4 heterocycles. The fraction of sp³-hybridized carbons (Fsp3) is 0.190. The second-order valence-corrected chi connectivity index (χ2v) is 8.41. The van der Waals surface area contributed by atoms with Gasteiger partial charge in [0, 0.05) is 29.1 Å². The number of imide groups is 1. The van der Waals surface area contributed by atoms with Crippen LogP contribution >= 0.6 is 11.8 Å². The average molecular weight is 450 g/mol. The molecule has 1 saturated heterocycles. The molecule has 2 aliphatic rings. The van der Waals surface area contributed by atoms with Gasteiger partial charge < -0.3 is 10.1 Å². The van der Waals surface area contributed by atoms with Crippen molar-refractivity contribution in [1.82, 2.24) is 20.1 Å². The Bertz CT molecular complexity index is 1380. The number of amides is 3. The molecule has 9 nitrogen and oxygen atoms in total. The van der Waals surface area contributed by atoms with E-state index in [4.69, 9.17) is 4.74 Å². The molecule has 160 valence electrons. The first-order valence-corrected chi connectivity index (χ1v) is 10.4. The SMILES string of the molecule is COc1cc(C2=CC3NC(=O)N(c4cncc5cnn(C)c45)C(=O)C3S2)c(C#N)cc1F. The largest absolute Gasteiger partial charge is 0.494 e. The molecule has 5 rings (SSSR count). The zero-order valence-electron chi connectivity index (χ0n) is 16.9. The van der Waals surface area contributed by atoms with Gasteiger partial charge in [-0.1, -0.05) is 0 Å². The Morgan fingerprint density at radius 2 is 2.09 bits per heavy atom. The zero-order valence-corrected chi connectivity index (χ0v) is 17.7. The highest BCUT2D eigenvalue weighted by atomic mass is 32.2. The van der Waals surface area contributed by atoms with Gasteiger partial charge in [0.15, 0.2) is 11.6 Å². The summed E-state index contributed by atoms with van der Waals surface area (Å²) in [6.45, 7) is 0. The fourth-order valence-electron chi connectivity index (χ4n) is 3.92. The summed E-state index contributed by atoms with van der Waals surface area (Å²) in [4.78, 5) is 32.1. The lowest BCUT2D eigenvalue weighted by molar-refractivity contribution is -0.118. The molecule has 1 aromatic carbocycles. The number of aromatic nitrogens is 3. The van der Waals surface area contributed by atoms with Crippen molar-refractivity contribution in [2.75, 3.05) is 12.0 Å². The predicted molar refractivity (Wildman–Crippen MR) is 115 cm³/mol. The fourth-order valence-corrected chi connectivity index (χ4v) is 5.21. The quantitative estimate of drug-likeness (QED) is 0.652. The first-order valence-electron chi connectivity index (χ1n) is 9.49. The first-order chi connectivity index (χ1) is 15.4. The topological polar surface area (TPSA) is 113 Å². The highest BCUT2D eigenvalue weighted by Crippen LogP contribution is 2.44. The highest BCUT2D eigenvalue weighted by Gasteiger charge is 2.46. The summed E-state index contributed by atoms with van der Waals surface area (Å²) in [7, 11) is 3.05. The number of ether oxygens (including phenoxy) is 1. The molecule has 0 saturated carbocycles. The number of fused-ring (bicyclic) bond motifs is 2. The number of hydrogen-bond donors (Lipinski definition) is 1. The summed E-state index contributed by atoms with van der Waals surface area (Å²) >= 11 is 1.21. The Balaban J connectivity index is 1.53. The van der Waals surface area contributed by atoms with Crippen LogP contribution in [0.15, 0.2) is 36.8 Å². The lowest BCUT2D eigenvalue weighted by Crippen LogP contribution is -2.60. The van der Waals surface area contributed by atoms with Gasteiger partial charge in [-0.3, -0.25) is 14.5 Å². The van der Waals surface area contributed by atoms with Crippen LogP contribution < -0.4 is 15.0 Å². The third-order valence-electron chi connectivity index (χ3n) is 5.41. The molecule has 0 spiro atoms. The summed E-state index contributed by atoms with van der Waals surface area (Å²) in [5, 5.41) is 16.5. The van der Waals surface area contributed by atoms with E-state index in [2.05, 4.69) is 15.4 Å². The number of benzene rings is 1. The number of halogens is 1. The Morgan fingerprint density at radius 3 is 2.84 bits per heavy atom. The van der Waals surface area contributed by atoms with E-state index in [-0.39, 0.29) is 11.3 Å². The monoisotopic (exact) mass is 450 g/mol. The van der Waals surface area contributed by atoms with Gasteiger partial charge in [-0.2, -0.15) is 10.4 Å². The molecule has 32 heavy (non-hydrogen) atoms. The number of pyridine rings is 1. The van der Waals surface area contributed by atoms with Crippen LogP contribution in [0.2, 0.25) is 0 Å². The standard InChI is InChI=1S/C21H15FN6O3S/c1-27-18-11(8-25-27)7-24-9-15(18)28-20(29)19-14(26-21(28)30)5-17(32-19)12-4-16(31-2)13(22)3-10(12)6-23/h3-5,7-9,14,19H,1-2H3,(H,26,30). The molecule has 11 heteroatoms. The smallest absolute Gasteiger partial charge is 0.329 e. The van der Waals surface area contributed by atoms with Crippen molar-refractivity contribution in [1.29, 1.82) is 5.26 Å². The van der Waals surface area contributed by atoms with E-state index in [9.17, 15) is 19.2 Å². The summed E-state index contributed by atoms with van der Waals surface area (Å²) < 4.78 is 20.7. The van der Waals surface area contributed by atoms with Gasteiger partial charge in [0.25, 0.3) is 5.91 Å². The van der Waals surface area contributed by atoms with Gasteiger partial charge in [0.05, 0.1) is 48.4 Å². The normalized spacial score (nSPS) is 20.1. The number of methoxy groups -OCH3 is 1. The van der Waals surface area contributed by atoms with Gasteiger partial charge in [-0.25, -0.2) is 14.1 Å². The summed E-state index contributed by atoms with van der Waals surface area (Å²) in [5.74, 6) is -1.08. The maximum atomic E-state index is 14.1. The number of nitrogens with one attached hydrogen (secondary N) is 1. The number of urea groups is 1. The van der Waals surface area contributed by atoms with Crippen molar-refractivity contribution in [3.8, 4) is 11.8 Å². The van der Waals surface area contributed by atoms with Crippen LogP contribution in [-0.4, -0.2) is 45.1 Å². The summed E-state index contributed by atoms with van der Waals surface area (Å²) in [6, 6.07) is 3.34. The molecule has 0 aliphatic carbocycles. The van der Waals surface area contributed by atoms with E-state index in [0.717, 1.165) is 11.0 Å². The van der Waals surface area contributed by atoms with E-state index in [1.54, 1.807) is 30.2 Å². The molecule has 3 amide bonds. The van der Waals surface area contributed by atoms with Crippen LogP contribution in [0.5, 0.6) is 5.75 Å². The van der Waals surface area contributed by atoms with E-state index in [1.165, 1.54) is 31.1 Å². The van der Waals surface area contributed by atoms with Crippen molar-refractivity contribution in [3.05, 3.63) is 53.7 Å². The van der Waals surface area contributed by atoms with Crippen LogP contribution in [0, 0.1) is 17.1 Å². The second-order valence-electron chi connectivity index (χ2n) is 7.23. The molecule has 0 bridgehead atoms. The Labute approximate surface area is 185 Å². The lowest BCUT2D eigenvalue weighted by Gasteiger charge is -2.33. The van der Waals surface area contributed by atoms with Crippen molar-refractivity contribution >= 4 is 45.2 Å².